The Hall–Kier alpha value is -3.06. The van der Waals surface area contributed by atoms with Gasteiger partial charge in [-0.2, -0.15) is 0 Å². The van der Waals surface area contributed by atoms with E-state index in [0.29, 0.717) is 11.3 Å². The van der Waals surface area contributed by atoms with Crippen LogP contribution in [-0.2, 0) is 10.4 Å². The fourth-order valence-electron chi connectivity index (χ4n) is 2.97. The number of hydrogen-bond donors (Lipinski definition) is 1. The molecule has 0 saturated carbocycles. The van der Waals surface area contributed by atoms with Crippen molar-refractivity contribution in [2.24, 2.45) is 0 Å². The van der Waals surface area contributed by atoms with Crippen LogP contribution in [0.2, 0.25) is 0 Å². The van der Waals surface area contributed by atoms with Crippen molar-refractivity contribution in [3.8, 4) is 0 Å². The fraction of sp³-hybridized carbons (Fsp3) is 0.200. The molecule has 0 radical (unpaired) electrons. The summed E-state index contributed by atoms with van der Waals surface area (Å²) >= 11 is 0. The molecule has 0 aliphatic carbocycles. The zero-order valence-electron chi connectivity index (χ0n) is 14.7. The lowest BCUT2D eigenvalue weighted by atomic mass is 9.85. The standard InChI is InChI=1S/C20H18F2N2O3/c1-3-18(25)23(2)15-7-4-13(5-8-15)19(26)24-11-20(27,12-24)14-6-9-16(21)17(22)10-14/h3-10,27H,1,11-12H2,2H3. The number of benzene rings is 2. The fourth-order valence-corrected chi connectivity index (χ4v) is 2.97. The molecular weight excluding hydrogens is 354 g/mol. The van der Waals surface area contributed by atoms with Gasteiger partial charge in [0.05, 0.1) is 13.1 Å². The summed E-state index contributed by atoms with van der Waals surface area (Å²) in [6.07, 6.45) is 1.19. The number of carbonyl (C=O) groups excluding carboxylic acids is 2. The lowest BCUT2D eigenvalue weighted by Crippen LogP contribution is -2.61. The predicted octanol–water partition coefficient (Wildman–Crippen LogP) is 2.46. The zero-order valence-corrected chi connectivity index (χ0v) is 14.7. The van der Waals surface area contributed by atoms with Crippen LogP contribution in [0.4, 0.5) is 14.5 Å². The number of carbonyl (C=O) groups is 2. The number of aliphatic hydroxyl groups is 1. The highest BCUT2D eigenvalue weighted by Crippen LogP contribution is 2.33. The number of β-amino-alcohol motifs (C(OH)–C–C–N with tert-alkyl or cyclic N) is 1. The molecule has 1 fully saturated rings. The molecule has 1 aliphatic rings. The number of likely N-dealkylation sites (tertiary alicyclic amines) is 1. The Balaban J connectivity index is 1.68. The van der Waals surface area contributed by atoms with Crippen LogP contribution >= 0.6 is 0 Å². The van der Waals surface area contributed by atoms with E-state index in [1.807, 2.05) is 0 Å². The first kappa shape index (κ1) is 18.7. The van der Waals surface area contributed by atoms with E-state index in [0.717, 1.165) is 12.1 Å². The number of halogens is 2. The first-order valence-electron chi connectivity index (χ1n) is 8.22. The highest BCUT2D eigenvalue weighted by Gasteiger charge is 2.45. The molecule has 1 saturated heterocycles. The Labute approximate surface area is 155 Å². The number of likely N-dealkylation sites (N-methyl/N-ethyl adjacent to an activating group) is 1. The first-order valence-corrected chi connectivity index (χ1v) is 8.22. The van der Waals surface area contributed by atoms with Gasteiger partial charge in [0.2, 0.25) is 5.91 Å². The van der Waals surface area contributed by atoms with Crippen LogP contribution in [0.5, 0.6) is 0 Å². The molecule has 140 valence electrons. The second-order valence-corrected chi connectivity index (χ2v) is 6.47. The van der Waals surface area contributed by atoms with Crippen molar-refractivity contribution in [1.82, 2.24) is 4.90 Å². The van der Waals surface area contributed by atoms with Crippen molar-refractivity contribution in [2.45, 2.75) is 5.60 Å². The van der Waals surface area contributed by atoms with Gasteiger partial charge >= 0.3 is 0 Å². The third kappa shape index (κ3) is 3.46. The SMILES string of the molecule is C=CC(=O)N(C)c1ccc(C(=O)N2CC(O)(c3ccc(F)c(F)c3)C2)cc1. The average Bonchev–Trinajstić information content (AvgIpc) is 2.66. The van der Waals surface area contributed by atoms with Crippen LogP contribution in [0.25, 0.3) is 0 Å². The van der Waals surface area contributed by atoms with Gasteiger partial charge in [0, 0.05) is 18.3 Å². The molecule has 2 aromatic carbocycles. The molecule has 0 spiro atoms. The maximum atomic E-state index is 13.4. The number of rotatable bonds is 4. The van der Waals surface area contributed by atoms with Gasteiger partial charge in [0.25, 0.3) is 5.91 Å². The molecule has 1 N–H and O–H groups in total. The molecule has 7 heteroatoms. The van der Waals surface area contributed by atoms with E-state index in [9.17, 15) is 23.5 Å². The van der Waals surface area contributed by atoms with Gasteiger partial charge in [-0.1, -0.05) is 12.6 Å². The number of amides is 2. The Morgan fingerprint density at radius 3 is 2.33 bits per heavy atom. The summed E-state index contributed by atoms with van der Waals surface area (Å²) in [6.45, 7) is 3.38. The molecule has 0 unspecified atom stereocenters. The molecule has 0 atom stereocenters. The lowest BCUT2D eigenvalue weighted by molar-refractivity contribution is -0.113. The molecule has 1 aliphatic heterocycles. The number of nitrogens with zero attached hydrogens (tertiary/aromatic N) is 2. The van der Waals surface area contributed by atoms with Crippen molar-refractivity contribution in [3.63, 3.8) is 0 Å². The van der Waals surface area contributed by atoms with Crippen LogP contribution in [0.3, 0.4) is 0 Å². The van der Waals surface area contributed by atoms with E-state index in [2.05, 4.69) is 6.58 Å². The Bertz CT molecular complexity index is 906. The van der Waals surface area contributed by atoms with Gasteiger partial charge in [-0.15, -0.1) is 0 Å². The topological polar surface area (TPSA) is 60.9 Å². The maximum Gasteiger partial charge on any atom is 0.254 e. The van der Waals surface area contributed by atoms with Crippen LogP contribution in [0, 0.1) is 11.6 Å². The summed E-state index contributed by atoms with van der Waals surface area (Å²) < 4.78 is 26.4. The van der Waals surface area contributed by atoms with E-state index >= 15 is 0 Å². The van der Waals surface area contributed by atoms with Crippen molar-refractivity contribution in [2.75, 3.05) is 25.0 Å². The van der Waals surface area contributed by atoms with Gasteiger partial charge in [-0.3, -0.25) is 9.59 Å². The van der Waals surface area contributed by atoms with Crippen molar-refractivity contribution >= 4 is 17.5 Å². The minimum absolute atomic E-state index is 0.0203. The van der Waals surface area contributed by atoms with Crippen molar-refractivity contribution < 1.29 is 23.5 Å². The highest BCUT2D eigenvalue weighted by molar-refractivity contribution is 6.01. The largest absolute Gasteiger partial charge is 0.381 e. The van der Waals surface area contributed by atoms with Crippen LogP contribution in [0.1, 0.15) is 15.9 Å². The summed E-state index contributed by atoms with van der Waals surface area (Å²) in [5.74, 6) is -2.60. The van der Waals surface area contributed by atoms with E-state index < -0.39 is 17.2 Å². The molecule has 1 heterocycles. The van der Waals surface area contributed by atoms with E-state index in [-0.39, 0.29) is 30.5 Å². The van der Waals surface area contributed by atoms with Crippen LogP contribution < -0.4 is 4.90 Å². The second kappa shape index (κ2) is 6.92. The normalized spacial score (nSPS) is 15.0. The molecule has 0 bridgehead atoms. The van der Waals surface area contributed by atoms with Gasteiger partial charge in [0.15, 0.2) is 11.6 Å². The third-order valence-electron chi connectivity index (χ3n) is 4.66. The second-order valence-electron chi connectivity index (χ2n) is 6.47. The van der Waals surface area contributed by atoms with Crippen molar-refractivity contribution in [1.29, 1.82) is 0 Å². The maximum absolute atomic E-state index is 13.4. The monoisotopic (exact) mass is 372 g/mol. The van der Waals surface area contributed by atoms with Crippen molar-refractivity contribution in [3.05, 3.63) is 77.9 Å². The summed E-state index contributed by atoms with van der Waals surface area (Å²) in [5, 5.41) is 10.5. The molecular formula is C20H18F2N2O3. The molecule has 2 aromatic rings. The molecule has 0 aromatic heterocycles. The molecule has 27 heavy (non-hydrogen) atoms. The molecule has 2 amide bonds. The van der Waals surface area contributed by atoms with Gasteiger partial charge in [-0.25, -0.2) is 8.78 Å². The summed E-state index contributed by atoms with van der Waals surface area (Å²) in [5.41, 5.74) is -0.171. The summed E-state index contributed by atoms with van der Waals surface area (Å²) in [7, 11) is 1.60. The Morgan fingerprint density at radius 1 is 1.15 bits per heavy atom. The minimum atomic E-state index is -1.40. The van der Waals surface area contributed by atoms with Gasteiger partial charge in [-0.05, 0) is 48.0 Å². The zero-order chi connectivity index (χ0) is 19.8. The Kier molecular flexibility index (Phi) is 4.80. The average molecular weight is 372 g/mol. The number of hydrogen-bond acceptors (Lipinski definition) is 3. The van der Waals surface area contributed by atoms with Crippen LogP contribution in [-0.4, -0.2) is 42.0 Å². The minimum Gasteiger partial charge on any atom is -0.381 e. The highest BCUT2D eigenvalue weighted by atomic mass is 19.2. The molecule has 3 rings (SSSR count). The smallest absolute Gasteiger partial charge is 0.254 e. The summed E-state index contributed by atoms with van der Waals surface area (Å²) in [4.78, 5) is 26.9. The number of anilines is 1. The van der Waals surface area contributed by atoms with Gasteiger partial charge < -0.3 is 14.9 Å². The Morgan fingerprint density at radius 2 is 1.78 bits per heavy atom. The third-order valence-corrected chi connectivity index (χ3v) is 4.66. The van der Waals surface area contributed by atoms with Gasteiger partial charge in [0.1, 0.15) is 5.60 Å². The quantitative estimate of drug-likeness (QED) is 0.839. The molecule has 5 nitrogen and oxygen atoms in total. The van der Waals surface area contributed by atoms with E-state index in [1.165, 1.54) is 21.9 Å². The van der Waals surface area contributed by atoms with Crippen LogP contribution in [0.15, 0.2) is 55.1 Å². The first-order chi connectivity index (χ1) is 12.7. The van der Waals surface area contributed by atoms with E-state index in [1.54, 1.807) is 31.3 Å². The lowest BCUT2D eigenvalue weighted by Gasteiger charge is -2.46. The summed E-state index contributed by atoms with van der Waals surface area (Å²) in [6, 6.07) is 9.64. The van der Waals surface area contributed by atoms with E-state index in [4.69, 9.17) is 0 Å². The predicted molar refractivity (Wildman–Crippen MR) is 96.2 cm³/mol.